The van der Waals surface area contributed by atoms with E-state index in [9.17, 15) is 0 Å². The third-order valence-corrected chi connectivity index (χ3v) is 14.3. The smallest absolute Gasteiger partial charge is 0.193 e. The average Bonchev–Trinajstić information content (AvgIpc) is 2.29. The van der Waals surface area contributed by atoms with E-state index in [1.54, 1.807) is 0 Å². The monoisotopic (exact) mass is 342 g/mol. The van der Waals surface area contributed by atoms with Gasteiger partial charge in [0.1, 0.15) is 6.10 Å². The second-order valence-electron chi connectivity index (χ2n) is 9.28. The fourth-order valence-electron chi connectivity index (χ4n) is 1.52. The zero-order valence-electron chi connectivity index (χ0n) is 16.6. The Hall–Kier alpha value is -0.0862. The van der Waals surface area contributed by atoms with Crippen LogP contribution in [-0.4, -0.2) is 29.3 Å². The van der Waals surface area contributed by atoms with Gasteiger partial charge < -0.3 is 8.85 Å². The van der Waals surface area contributed by atoms with Gasteiger partial charge in [0.05, 0.1) is 0 Å². The highest BCUT2D eigenvalue weighted by Crippen LogP contribution is 2.38. The Bertz CT molecular complexity index is 381. The molecule has 4 heteroatoms. The van der Waals surface area contributed by atoms with Crippen molar-refractivity contribution in [3.05, 3.63) is 0 Å². The van der Waals surface area contributed by atoms with Crippen LogP contribution in [0.5, 0.6) is 0 Å². The molecule has 0 fully saturated rings. The number of hydrogen-bond donors (Lipinski definition) is 0. The summed E-state index contributed by atoms with van der Waals surface area (Å²) in [6, 6.07) is 0. The molecular weight excluding hydrogens is 304 g/mol. The SMILES string of the molecule is C#CC(CCCO[Si](C)(C)C(C)(C)C)O[Si](C)(C)C(C)(C)C. The molecule has 0 aromatic carbocycles. The van der Waals surface area contributed by atoms with Crippen LogP contribution in [0.1, 0.15) is 54.4 Å². The molecule has 0 spiro atoms. The van der Waals surface area contributed by atoms with E-state index in [2.05, 4.69) is 73.7 Å². The molecule has 0 aliphatic heterocycles. The highest BCUT2D eigenvalue weighted by molar-refractivity contribution is 6.74. The molecule has 1 unspecified atom stereocenters. The summed E-state index contributed by atoms with van der Waals surface area (Å²) in [4.78, 5) is 0. The number of rotatable bonds is 7. The lowest BCUT2D eigenvalue weighted by Gasteiger charge is -2.38. The molecule has 0 aromatic rings. The minimum Gasteiger partial charge on any atom is -0.417 e. The molecule has 22 heavy (non-hydrogen) atoms. The predicted octanol–water partition coefficient (Wildman–Crippen LogP) is 5.81. The maximum absolute atomic E-state index is 6.31. The third-order valence-electron chi connectivity index (χ3n) is 5.31. The lowest BCUT2D eigenvalue weighted by atomic mass is 10.2. The average molecular weight is 343 g/mol. The van der Waals surface area contributed by atoms with Gasteiger partial charge in [-0.2, -0.15) is 0 Å². The van der Waals surface area contributed by atoms with E-state index in [0.717, 1.165) is 19.4 Å². The summed E-state index contributed by atoms with van der Waals surface area (Å²) >= 11 is 0. The van der Waals surface area contributed by atoms with Gasteiger partial charge in [0.25, 0.3) is 0 Å². The Balaban J connectivity index is 4.38. The van der Waals surface area contributed by atoms with Gasteiger partial charge in [0, 0.05) is 6.61 Å². The molecule has 0 radical (unpaired) electrons. The van der Waals surface area contributed by atoms with Crippen LogP contribution in [0, 0.1) is 12.3 Å². The fraction of sp³-hybridized carbons (Fsp3) is 0.889. The minimum absolute atomic E-state index is 0.0797. The molecule has 0 saturated heterocycles. The lowest BCUT2D eigenvalue weighted by molar-refractivity contribution is 0.201. The standard InChI is InChI=1S/C18H38O2Si2/c1-12-16(20-22(10,11)18(5,6)7)14-13-15-19-21(8,9)17(2,3)4/h1,16H,13-15H2,2-11H3. The summed E-state index contributed by atoms with van der Waals surface area (Å²) in [5, 5.41) is 0.454. The Kier molecular flexibility index (Phi) is 7.63. The highest BCUT2D eigenvalue weighted by atomic mass is 28.4. The van der Waals surface area contributed by atoms with E-state index < -0.39 is 16.6 Å². The van der Waals surface area contributed by atoms with Gasteiger partial charge in [-0.15, -0.1) is 6.42 Å². The molecule has 2 nitrogen and oxygen atoms in total. The molecular formula is C18H38O2Si2. The van der Waals surface area contributed by atoms with Gasteiger partial charge in [0.15, 0.2) is 16.6 Å². The van der Waals surface area contributed by atoms with Crippen molar-refractivity contribution in [2.75, 3.05) is 6.61 Å². The molecule has 0 aliphatic carbocycles. The molecule has 0 N–H and O–H groups in total. The molecule has 0 rings (SSSR count). The van der Waals surface area contributed by atoms with Crippen molar-refractivity contribution >= 4 is 16.6 Å². The van der Waals surface area contributed by atoms with Crippen molar-refractivity contribution < 1.29 is 8.85 Å². The normalized spacial score (nSPS) is 15.5. The van der Waals surface area contributed by atoms with Crippen LogP contribution >= 0.6 is 0 Å². The summed E-state index contributed by atoms with van der Waals surface area (Å²) in [5.74, 6) is 2.83. The Morgan fingerprint density at radius 3 is 1.73 bits per heavy atom. The summed E-state index contributed by atoms with van der Waals surface area (Å²) < 4.78 is 12.5. The van der Waals surface area contributed by atoms with Crippen LogP contribution in [0.25, 0.3) is 0 Å². The molecule has 0 saturated carbocycles. The topological polar surface area (TPSA) is 18.5 Å². The van der Waals surface area contributed by atoms with Crippen molar-refractivity contribution in [2.45, 2.75) is 96.8 Å². The second kappa shape index (κ2) is 7.66. The molecule has 130 valence electrons. The first-order valence-electron chi connectivity index (χ1n) is 8.42. The first-order chi connectivity index (χ1) is 9.64. The van der Waals surface area contributed by atoms with E-state index in [1.807, 2.05) is 0 Å². The summed E-state index contributed by atoms with van der Waals surface area (Å²) in [5.41, 5.74) is 0. The predicted molar refractivity (Wildman–Crippen MR) is 103 cm³/mol. The Morgan fingerprint density at radius 2 is 1.36 bits per heavy atom. The summed E-state index contributed by atoms with van der Waals surface area (Å²) in [7, 11) is -3.44. The van der Waals surface area contributed by atoms with Gasteiger partial charge in [-0.25, -0.2) is 0 Å². The molecule has 0 amide bonds. The first kappa shape index (κ1) is 21.9. The molecule has 1 atom stereocenters. The zero-order valence-corrected chi connectivity index (χ0v) is 18.6. The number of hydrogen-bond acceptors (Lipinski definition) is 2. The largest absolute Gasteiger partial charge is 0.417 e. The van der Waals surface area contributed by atoms with Crippen LogP contribution in [0.4, 0.5) is 0 Å². The van der Waals surface area contributed by atoms with Crippen molar-refractivity contribution in [2.24, 2.45) is 0 Å². The van der Waals surface area contributed by atoms with E-state index in [-0.39, 0.29) is 16.2 Å². The highest BCUT2D eigenvalue weighted by Gasteiger charge is 2.39. The molecule has 0 bridgehead atoms. The van der Waals surface area contributed by atoms with Gasteiger partial charge >= 0.3 is 0 Å². The van der Waals surface area contributed by atoms with E-state index >= 15 is 0 Å². The summed E-state index contributed by atoms with van der Waals surface area (Å²) in [6.45, 7) is 23.4. The quantitative estimate of drug-likeness (QED) is 0.330. The maximum atomic E-state index is 6.31. The van der Waals surface area contributed by atoms with E-state index in [4.69, 9.17) is 15.3 Å². The van der Waals surface area contributed by atoms with Crippen LogP contribution in [0.3, 0.4) is 0 Å². The van der Waals surface area contributed by atoms with Gasteiger partial charge in [-0.3, -0.25) is 0 Å². The van der Waals surface area contributed by atoms with Crippen molar-refractivity contribution in [3.8, 4) is 12.3 Å². The minimum atomic E-state index is -1.79. The Labute approximate surface area is 141 Å². The van der Waals surface area contributed by atoms with Crippen molar-refractivity contribution in [1.29, 1.82) is 0 Å². The maximum Gasteiger partial charge on any atom is 0.193 e. The second-order valence-corrected chi connectivity index (χ2v) is 18.9. The Morgan fingerprint density at radius 1 is 0.909 bits per heavy atom. The van der Waals surface area contributed by atoms with E-state index in [0.29, 0.717) is 0 Å². The molecule has 0 heterocycles. The first-order valence-corrected chi connectivity index (χ1v) is 14.2. The number of terminal acetylenes is 1. The molecule has 0 aliphatic rings. The van der Waals surface area contributed by atoms with Crippen LogP contribution < -0.4 is 0 Å². The lowest BCUT2D eigenvalue weighted by Crippen LogP contribution is -2.44. The van der Waals surface area contributed by atoms with Gasteiger partial charge in [0.2, 0.25) is 0 Å². The van der Waals surface area contributed by atoms with Gasteiger partial charge in [-0.1, -0.05) is 47.5 Å². The molecule has 0 aromatic heterocycles. The van der Waals surface area contributed by atoms with Crippen molar-refractivity contribution in [3.63, 3.8) is 0 Å². The van der Waals surface area contributed by atoms with Crippen LogP contribution in [0.15, 0.2) is 0 Å². The van der Waals surface area contributed by atoms with Crippen LogP contribution in [0.2, 0.25) is 36.3 Å². The van der Waals surface area contributed by atoms with Crippen molar-refractivity contribution in [1.82, 2.24) is 0 Å². The van der Waals surface area contributed by atoms with E-state index in [1.165, 1.54) is 0 Å². The van der Waals surface area contributed by atoms with Crippen LogP contribution in [-0.2, 0) is 8.85 Å². The third kappa shape index (κ3) is 6.58. The summed E-state index contributed by atoms with van der Waals surface area (Å²) in [6.07, 6.45) is 7.45. The van der Waals surface area contributed by atoms with Gasteiger partial charge in [-0.05, 0) is 49.1 Å². The zero-order chi connectivity index (χ0) is 17.8. The fourth-order valence-corrected chi connectivity index (χ4v) is 3.86.